The average molecular weight is 268 g/mol. The molecule has 0 saturated heterocycles. The standard InChI is InChI=1S/C12H20N4OS/c1-7(2)10-11(18-16-15-10)12(17)14-9-6-4-3-5-8(9)13/h7-9H,3-6,13H2,1-2H3,(H,14,17)/t8-,9-/m1/s1. The Morgan fingerprint density at radius 3 is 2.83 bits per heavy atom. The maximum Gasteiger partial charge on any atom is 0.265 e. The number of nitrogens with two attached hydrogens (primary N) is 1. The summed E-state index contributed by atoms with van der Waals surface area (Å²) in [5, 5.41) is 7.06. The highest BCUT2D eigenvalue weighted by molar-refractivity contribution is 7.08. The summed E-state index contributed by atoms with van der Waals surface area (Å²) in [6.07, 6.45) is 4.25. The Hall–Kier alpha value is -1.01. The molecule has 1 aliphatic rings. The lowest BCUT2D eigenvalue weighted by atomic mass is 9.91. The summed E-state index contributed by atoms with van der Waals surface area (Å²) in [7, 11) is 0. The van der Waals surface area contributed by atoms with Crippen molar-refractivity contribution in [3.63, 3.8) is 0 Å². The van der Waals surface area contributed by atoms with Gasteiger partial charge in [0.25, 0.3) is 5.91 Å². The van der Waals surface area contributed by atoms with E-state index in [0.29, 0.717) is 4.88 Å². The smallest absolute Gasteiger partial charge is 0.265 e. The summed E-state index contributed by atoms with van der Waals surface area (Å²) in [5.74, 6) is 0.139. The van der Waals surface area contributed by atoms with Gasteiger partial charge in [-0.2, -0.15) is 0 Å². The van der Waals surface area contributed by atoms with Crippen LogP contribution in [-0.4, -0.2) is 27.6 Å². The quantitative estimate of drug-likeness (QED) is 0.873. The average Bonchev–Trinajstić information content (AvgIpc) is 2.81. The van der Waals surface area contributed by atoms with Crippen LogP contribution in [0, 0.1) is 0 Å². The molecular formula is C12H20N4OS. The summed E-state index contributed by atoms with van der Waals surface area (Å²) in [6.45, 7) is 4.03. The fourth-order valence-corrected chi connectivity index (χ4v) is 3.03. The molecule has 1 heterocycles. The van der Waals surface area contributed by atoms with Crippen LogP contribution >= 0.6 is 11.5 Å². The molecule has 0 aromatic carbocycles. The SMILES string of the molecule is CC(C)c1nnsc1C(=O)N[C@@H]1CCCC[C@H]1N. The minimum Gasteiger partial charge on any atom is -0.347 e. The molecule has 6 heteroatoms. The van der Waals surface area contributed by atoms with E-state index in [1.807, 2.05) is 13.8 Å². The van der Waals surface area contributed by atoms with E-state index in [9.17, 15) is 4.79 Å². The highest BCUT2D eigenvalue weighted by Crippen LogP contribution is 2.21. The topological polar surface area (TPSA) is 80.9 Å². The van der Waals surface area contributed by atoms with Crippen LogP contribution in [0.1, 0.15) is 60.8 Å². The monoisotopic (exact) mass is 268 g/mol. The minimum atomic E-state index is -0.0731. The first-order valence-electron chi connectivity index (χ1n) is 6.48. The number of amides is 1. The van der Waals surface area contributed by atoms with Crippen molar-refractivity contribution in [1.29, 1.82) is 0 Å². The Bertz CT molecular complexity index is 418. The highest BCUT2D eigenvalue weighted by Gasteiger charge is 2.26. The van der Waals surface area contributed by atoms with E-state index >= 15 is 0 Å². The van der Waals surface area contributed by atoms with Crippen molar-refractivity contribution in [1.82, 2.24) is 14.9 Å². The predicted molar refractivity (Wildman–Crippen MR) is 71.7 cm³/mol. The van der Waals surface area contributed by atoms with Gasteiger partial charge in [0.1, 0.15) is 4.88 Å². The zero-order chi connectivity index (χ0) is 13.1. The molecule has 1 aliphatic carbocycles. The Balaban J connectivity index is 2.05. The third-order valence-corrected chi connectivity index (χ3v) is 4.14. The maximum absolute atomic E-state index is 12.2. The lowest BCUT2D eigenvalue weighted by Crippen LogP contribution is -2.49. The summed E-state index contributed by atoms with van der Waals surface area (Å²) in [6, 6.07) is 0.166. The normalized spacial score (nSPS) is 24.2. The molecule has 2 atom stereocenters. The van der Waals surface area contributed by atoms with Crippen LogP contribution in [0.2, 0.25) is 0 Å². The van der Waals surface area contributed by atoms with Gasteiger partial charge in [0, 0.05) is 12.1 Å². The molecular weight excluding hydrogens is 248 g/mol. The number of carbonyl (C=O) groups excluding carboxylic acids is 1. The van der Waals surface area contributed by atoms with Gasteiger partial charge < -0.3 is 11.1 Å². The molecule has 0 bridgehead atoms. The second kappa shape index (κ2) is 5.75. The minimum absolute atomic E-state index is 0.0731. The zero-order valence-corrected chi connectivity index (χ0v) is 11.7. The van der Waals surface area contributed by atoms with Gasteiger partial charge in [-0.3, -0.25) is 4.79 Å². The molecule has 0 aliphatic heterocycles. The molecule has 0 spiro atoms. The lowest BCUT2D eigenvalue weighted by molar-refractivity contribution is 0.0924. The molecule has 0 radical (unpaired) electrons. The highest BCUT2D eigenvalue weighted by atomic mass is 32.1. The van der Waals surface area contributed by atoms with Crippen molar-refractivity contribution < 1.29 is 4.79 Å². The number of hydrogen-bond acceptors (Lipinski definition) is 5. The van der Waals surface area contributed by atoms with Crippen molar-refractivity contribution >= 4 is 17.4 Å². The molecule has 1 aromatic heterocycles. The van der Waals surface area contributed by atoms with E-state index in [1.54, 1.807) is 0 Å². The maximum atomic E-state index is 12.2. The molecule has 5 nitrogen and oxygen atoms in total. The Morgan fingerprint density at radius 1 is 1.44 bits per heavy atom. The molecule has 1 amide bonds. The number of rotatable bonds is 3. The Labute approximate surface area is 111 Å². The van der Waals surface area contributed by atoms with Crippen LogP contribution in [0.15, 0.2) is 0 Å². The van der Waals surface area contributed by atoms with Gasteiger partial charge in [-0.1, -0.05) is 31.2 Å². The van der Waals surface area contributed by atoms with Crippen molar-refractivity contribution in [3.8, 4) is 0 Å². The van der Waals surface area contributed by atoms with Gasteiger partial charge in [-0.15, -0.1) is 5.10 Å². The van der Waals surface area contributed by atoms with E-state index in [1.165, 1.54) is 0 Å². The van der Waals surface area contributed by atoms with E-state index in [-0.39, 0.29) is 23.9 Å². The van der Waals surface area contributed by atoms with Crippen LogP contribution in [0.25, 0.3) is 0 Å². The number of aromatic nitrogens is 2. The number of nitrogens with zero attached hydrogens (tertiary/aromatic N) is 2. The summed E-state index contributed by atoms with van der Waals surface area (Å²) in [5.41, 5.74) is 6.82. The van der Waals surface area contributed by atoms with E-state index in [4.69, 9.17) is 5.73 Å². The van der Waals surface area contributed by atoms with Crippen LogP contribution < -0.4 is 11.1 Å². The molecule has 1 aromatic rings. The fourth-order valence-electron chi connectivity index (χ4n) is 2.31. The van der Waals surface area contributed by atoms with Gasteiger partial charge >= 0.3 is 0 Å². The number of hydrogen-bond donors (Lipinski definition) is 2. The predicted octanol–water partition coefficient (Wildman–Crippen LogP) is 1.66. The molecule has 100 valence electrons. The second-order valence-electron chi connectivity index (χ2n) is 5.17. The first-order chi connectivity index (χ1) is 8.59. The summed E-state index contributed by atoms with van der Waals surface area (Å²) < 4.78 is 3.88. The first-order valence-corrected chi connectivity index (χ1v) is 7.25. The van der Waals surface area contributed by atoms with E-state index in [2.05, 4.69) is 14.9 Å². The van der Waals surface area contributed by atoms with Crippen LogP contribution in [0.5, 0.6) is 0 Å². The number of carbonyl (C=O) groups is 1. The molecule has 18 heavy (non-hydrogen) atoms. The lowest BCUT2D eigenvalue weighted by Gasteiger charge is -2.29. The van der Waals surface area contributed by atoms with Gasteiger partial charge in [0.15, 0.2) is 0 Å². The first kappa shape index (κ1) is 13.4. The molecule has 3 N–H and O–H groups in total. The molecule has 1 saturated carbocycles. The number of nitrogens with one attached hydrogen (secondary N) is 1. The molecule has 1 fully saturated rings. The third kappa shape index (κ3) is 2.87. The van der Waals surface area contributed by atoms with E-state index in [0.717, 1.165) is 42.9 Å². The second-order valence-corrected chi connectivity index (χ2v) is 5.92. The Morgan fingerprint density at radius 2 is 2.17 bits per heavy atom. The summed E-state index contributed by atoms with van der Waals surface area (Å²) >= 11 is 1.16. The fraction of sp³-hybridized carbons (Fsp3) is 0.750. The van der Waals surface area contributed by atoms with Crippen LogP contribution in [0.4, 0.5) is 0 Å². The molecule has 2 rings (SSSR count). The van der Waals surface area contributed by atoms with Crippen LogP contribution in [0.3, 0.4) is 0 Å². The van der Waals surface area contributed by atoms with Crippen molar-refractivity contribution in [2.45, 2.75) is 57.5 Å². The molecule has 0 unspecified atom stereocenters. The Kier molecular flexibility index (Phi) is 4.29. The zero-order valence-electron chi connectivity index (χ0n) is 10.8. The van der Waals surface area contributed by atoms with Crippen molar-refractivity contribution in [2.75, 3.05) is 0 Å². The van der Waals surface area contributed by atoms with E-state index < -0.39 is 0 Å². The van der Waals surface area contributed by atoms with Crippen LogP contribution in [-0.2, 0) is 0 Å². The van der Waals surface area contributed by atoms with Crippen molar-refractivity contribution in [3.05, 3.63) is 10.6 Å². The third-order valence-electron chi connectivity index (χ3n) is 3.40. The van der Waals surface area contributed by atoms with Crippen molar-refractivity contribution in [2.24, 2.45) is 5.73 Å². The van der Waals surface area contributed by atoms with Gasteiger partial charge in [-0.25, -0.2) is 0 Å². The largest absolute Gasteiger partial charge is 0.347 e. The van der Waals surface area contributed by atoms with Gasteiger partial charge in [-0.05, 0) is 30.3 Å². The van der Waals surface area contributed by atoms with Gasteiger partial charge in [0.05, 0.1) is 5.69 Å². The van der Waals surface area contributed by atoms with Gasteiger partial charge in [0.2, 0.25) is 0 Å². The summed E-state index contributed by atoms with van der Waals surface area (Å²) in [4.78, 5) is 12.8.